The predicted octanol–water partition coefficient (Wildman–Crippen LogP) is 2.99. The van der Waals surface area contributed by atoms with Crippen molar-refractivity contribution < 1.29 is 14.1 Å². The molecule has 0 aliphatic heterocycles. The molecule has 19 heavy (non-hydrogen) atoms. The van der Waals surface area contributed by atoms with E-state index in [0.29, 0.717) is 5.69 Å². The Kier molecular flexibility index (Phi) is 3.51. The number of halogens is 1. The van der Waals surface area contributed by atoms with Gasteiger partial charge >= 0.3 is 0 Å². The molecule has 2 rings (SSSR count). The fraction of sp³-hybridized carbons (Fsp3) is 0. The van der Waals surface area contributed by atoms with E-state index < -0.39 is 16.6 Å². The number of hydrogen-bond donors (Lipinski definition) is 1. The molecule has 0 aliphatic carbocycles. The van der Waals surface area contributed by atoms with Gasteiger partial charge in [-0.1, -0.05) is 0 Å². The van der Waals surface area contributed by atoms with Gasteiger partial charge in [-0.25, -0.2) is 4.39 Å². The van der Waals surface area contributed by atoms with Gasteiger partial charge in [0.15, 0.2) is 0 Å². The monoisotopic (exact) mass is 260 g/mol. The molecule has 1 N–H and O–H groups in total. The summed E-state index contributed by atoms with van der Waals surface area (Å²) in [5, 5.41) is 13.0. The number of non-ortho nitro benzene ring substituents is 1. The smallest absolute Gasteiger partial charge is 0.269 e. The standard InChI is InChI=1S/C13H9FN2O3/c14-10-3-5-11(6-4-10)15-13(17)9-1-7-12(8-2-9)16(18)19/h1-8H,(H,15,17). The molecule has 0 saturated heterocycles. The van der Waals surface area contributed by atoms with E-state index in [-0.39, 0.29) is 11.3 Å². The van der Waals surface area contributed by atoms with Crippen molar-refractivity contribution >= 4 is 17.3 Å². The summed E-state index contributed by atoms with van der Waals surface area (Å²) in [5.41, 5.74) is 0.651. The first kappa shape index (κ1) is 12.7. The van der Waals surface area contributed by atoms with Crippen LogP contribution in [0.3, 0.4) is 0 Å². The molecule has 5 nitrogen and oxygen atoms in total. The molecular weight excluding hydrogens is 251 g/mol. The maximum Gasteiger partial charge on any atom is 0.269 e. The third-order valence-electron chi connectivity index (χ3n) is 2.44. The van der Waals surface area contributed by atoms with Crippen molar-refractivity contribution in [1.29, 1.82) is 0 Å². The van der Waals surface area contributed by atoms with Crippen molar-refractivity contribution in [1.82, 2.24) is 0 Å². The maximum atomic E-state index is 12.7. The number of benzene rings is 2. The van der Waals surface area contributed by atoms with E-state index in [1.165, 1.54) is 48.5 Å². The number of nitrogens with zero attached hydrogens (tertiary/aromatic N) is 1. The van der Waals surface area contributed by atoms with Crippen molar-refractivity contribution in [2.45, 2.75) is 0 Å². The molecule has 0 unspecified atom stereocenters. The second-order valence-corrected chi connectivity index (χ2v) is 3.77. The van der Waals surface area contributed by atoms with Gasteiger partial charge in [-0.15, -0.1) is 0 Å². The number of carbonyl (C=O) groups excluding carboxylic acids is 1. The Morgan fingerprint density at radius 1 is 1.05 bits per heavy atom. The number of nitro benzene ring substituents is 1. The molecule has 2 aromatic carbocycles. The lowest BCUT2D eigenvalue weighted by Gasteiger charge is -2.04. The van der Waals surface area contributed by atoms with Crippen molar-refractivity contribution in [3.63, 3.8) is 0 Å². The van der Waals surface area contributed by atoms with Crippen LogP contribution < -0.4 is 5.32 Å². The molecule has 0 saturated carbocycles. The lowest BCUT2D eigenvalue weighted by atomic mass is 10.2. The van der Waals surface area contributed by atoms with E-state index in [1.54, 1.807) is 0 Å². The Labute approximate surface area is 107 Å². The van der Waals surface area contributed by atoms with Crippen molar-refractivity contribution in [3.8, 4) is 0 Å². The zero-order chi connectivity index (χ0) is 13.8. The summed E-state index contributed by atoms with van der Waals surface area (Å²) in [4.78, 5) is 21.7. The number of amides is 1. The molecule has 6 heteroatoms. The Balaban J connectivity index is 2.11. The first-order valence-corrected chi connectivity index (χ1v) is 5.37. The van der Waals surface area contributed by atoms with Crippen LogP contribution in [0.1, 0.15) is 10.4 Å². The second-order valence-electron chi connectivity index (χ2n) is 3.77. The molecule has 0 spiro atoms. The fourth-order valence-corrected chi connectivity index (χ4v) is 1.47. The lowest BCUT2D eigenvalue weighted by molar-refractivity contribution is -0.384. The van der Waals surface area contributed by atoms with Crippen LogP contribution in [0, 0.1) is 15.9 Å². The molecule has 0 radical (unpaired) electrons. The van der Waals surface area contributed by atoms with Crippen LogP contribution in [0.5, 0.6) is 0 Å². The van der Waals surface area contributed by atoms with Gasteiger partial charge in [0.05, 0.1) is 4.92 Å². The number of carbonyl (C=O) groups is 1. The minimum atomic E-state index is -0.540. The number of nitro groups is 1. The number of anilines is 1. The highest BCUT2D eigenvalue weighted by atomic mass is 19.1. The van der Waals surface area contributed by atoms with E-state index in [1.807, 2.05) is 0 Å². The maximum absolute atomic E-state index is 12.7. The average Bonchev–Trinajstić information content (AvgIpc) is 2.41. The summed E-state index contributed by atoms with van der Waals surface area (Å²) in [7, 11) is 0. The Morgan fingerprint density at radius 3 is 2.16 bits per heavy atom. The molecular formula is C13H9FN2O3. The second kappa shape index (κ2) is 5.26. The number of hydrogen-bond acceptors (Lipinski definition) is 3. The third kappa shape index (κ3) is 3.12. The molecule has 0 aromatic heterocycles. The Morgan fingerprint density at radius 2 is 1.63 bits per heavy atom. The summed E-state index contributed by atoms with van der Waals surface area (Å²) in [6.07, 6.45) is 0. The Bertz CT molecular complexity index is 609. The van der Waals surface area contributed by atoms with Crippen LogP contribution in [0.15, 0.2) is 48.5 Å². The van der Waals surface area contributed by atoms with E-state index >= 15 is 0 Å². The first-order valence-electron chi connectivity index (χ1n) is 5.37. The molecule has 96 valence electrons. The molecule has 2 aromatic rings. The summed E-state index contributed by atoms with van der Waals surface area (Å²) >= 11 is 0. The zero-order valence-electron chi connectivity index (χ0n) is 9.67. The average molecular weight is 260 g/mol. The summed E-state index contributed by atoms with van der Waals surface area (Å²) in [5.74, 6) is -0.810. The lowest BCUT2D eigenvalue weighted by Crippen LogP contribution is -2.11. The van der Waals surface area contributed by atoms with Crippen LogP contribution >= 0.6 is 0 Å². The fourth-order valence-electron chi connectivity index (χ4n) is 1.47. The highest BCUT2D eigenvalue weighted by Crippen LogP contribution is 2.14. The van der Waals surface area contributed by atoms with Gasteiger partial charge in [0.2, 0.25) is 0 Å². The minimum absolute atomic E-state index is 0.0849. The SMILES string of the molecule is O=C(Nc1ccc(F)cc1)c1ccc([N+](=O)[O-])cc1. The molecule has 0 aliphatic rings. The van der Waals surface area contributed by atoms with Gasteiger partial charge in [-0.3, -0.25) is 14.9 Å². The van der Waals surface area contributed by atoms with Gasteiger partial charge < -0.3 is 5.32 Å². The van der Waals surface area contributed by atoms with E-state index in [0.717, 1.165) is 0 Å². The van der Waals surface area contributed by atoms with Gasteiger partial charge in [-0.05, 0) is 36.4 Å². The molecule has 0 atom stereocenters. The number of nitrogens with one attached hydrogen (secondary N) is 1. The van der Waals surface area contributed by atoms with Gasteiger partial charge in [0, 0.05) is 23.4 Å². The summed E-state index contributed by atoms with van der Waals surface area (Å²) in [6, 6.07) is 10.5. The molecule has 0 heterocycles. The third-order valence-corrected chi connectivity index (χ3v) is 2.44. The highest BCUT2D eigenvalue weighted by Gasteiger charge is 2.09. The molecule has 0 bridgehead atoms. The van der Waals surface area contributed by atoms with Crippen LogP contribution in [-0.4, -0.2) is 10.8 Å². The Hall–Kier alpha value is -2.76. The highest BCUT2D eigenvalue weighted by molar-refractivity contribution is 6.04. The summed E-state index contributed by atoms with van der Waals surface area (Å²) < 4.78 is 12.7. The van der Waals surface area contributed by atoms with Crippen molar-refractivity contribution in [2.24, 2.45) is 0 Å². The van der Waals surface area contributed by atoms with Crippen molar-refractivity contribution in [3.05, 3.63) is 70.0 Å². The van der Waals surface area contributed by atoms with E-state index in [2.05, 4.69) is 5.32 Å². The van der Waals surface area contributed by atoms with Crippen LogP contribution in [0.4, 0.5) is 15.8 Å². The van der Waals surface area contributed by atoms with Crippen molar-refractivity contribution in [2.75, 3.05) is 5.32 Å². The first-order chi connectivity index (χ1) is 9.06. The van der Waals surface area contributed by atoms with Gasteiger partial charge in [0.1, 0.15) is 5.82 Å². The predicted molar refractivity (Wildman–Crippen MR) is 67.4 cm³/mol. The quantitative estimate of drug-likeness (QED) is 0.681. The molecule has 1 amide bonds. The topological polar surface area (TPSA) is 72.2 Å². The van der Waals surface area contributed by atoms with Gasteiger partial charge in [0.25, 0.3) is 11.6 Å². The minimum Gasteiger partial charge on any atom is -0.322 e. The van der Waals surface area contributed by atoms with E-state index in [9.17, 15) is 19.3 Å². The van der Waals surface area contributed by atoms with Crippen LogP contribution in [0.2, 0.25) is 0 Å². The van der Waals surface area contributed by atoms with Gasteiger partial charge in [-0.2, -0.15) is 0 Å². The molecule has 0 fully saturated rings. The number of rotatable bonds is 3. The summed E-state index contributed by atoms with van der Waals surface area (Å²) in [6.45, 7) is 0. The van der Waals surface area contributed by atoms with Crippen LogP contribution in [0.25, 0.3) is 0 Å². The largest absolute Gasteiger partial charge is 0.322 e. The normalized spacial score (nSPS) is 9.95. The zero-order valence-corrected chi connectivity index (χ0v) is 9.67. The van der Waals surface area contributed by atoms with Crippen LogP contribution in [-0.2, 0) is 0 Å². The van der Waals surface area contributed by atoms with E-state index in [4.69, 9.17) is 0 Å².